The minimum Gasteiger partial charge on any atom is -0.491 e. The molecule has 0 aliphatic carbocycles. The van der Waals surface area contributed by atoms with Crippen molar-refractivity contribution in [2.75, 3.05) is 5.75 Å². The van der Waals surface area contributed by atoms with E-state index in [9.17, 15) is 13.2 Å². The molecule has 3 rings (SSSR count). The fourth-order valence-corrected chi connectivity index (χ4v) is 4.67. The van der Waals surface area contributed by atoms with Crippen LogP contribution in [0.5, 0.6) is 5.75 Å². The van der Waals surface area contributed by atoms with E-state index >= 15 is 0 Å². The molecule has 7 heteroatoms. The van der Waals surface area contributed by atoms with E-state index in [2.05, 4.69) is 5.32 Å². The van der Waals surface area contributed by atoms with Crippen LogP contribution in [0.25, 0.3) is 0 Å². The maximum absolute atomic E-state index is 12.9. The second kappa shape index (κ2) is 8.97. The molecule has 1 N–H and O–H groups in total. The Kier molecular flexibility index (Phi) is 6.59. The van der Waals surface area contributed by atoms with Gasteiger partial charge < -0.3 is 10.1 Å². The molecule has 1 heterocycles. The number of nitrogens with zero attached hydrogens (tertiary/aromatic N) is 1. The summed E-state index contributed by atoms with van der Waals surface area (Å²) < 4.78 is 32.2. The van der Waals surface area contributed by atoms with Gasteiger partial charge in [0, 0.05) is 13.1 Å². The average molecular weight is 417 g/mol. The van der Waals surface area contributed by atoms with Gasteiger partial charge >= 0.3 is 0 Å². The number of carbonyl (C=O) groups excluding carboxylic acids is 1. The van der Waals surface area contributed by atoms with Gasteiger partial charge in [0.25, 0.3) is 0 Å². The molecule has 156 valence electrons. The molecule has 1 amide bonds. The van der Waals surface area contributed by atoms with Crippen LogP contribution in [0.4, 0.5) is 0 Å². The fourth-order valence-electron chi connectivity index (χ4n) is 3.45. The number of nitrogens with one attached hydrogen (secondary N) is 1. The van der Waals surface area contributed by atoms with Crippen molar-refractivity contribution in [2.24, 2.45) is 0 Å². The van der Waals surface area contributed by atoms with E-state index in [-0.39, 0.29) is 24.3 Å². The van der Waals surface area contributed by atoms with E-state index in [0.717, 1.165) is 22.4 Å². The van der Waals surface area contributed by atoms with E-state index in [1.54, 1.807) is 6.92 Å². The van der Waals surface area contributed by atoms with Gasteiger partial charge in [0.05, 0.1) is 11.9 Å². The van der Waals surface area contributed by atoms with Crippen LogP contribution in [0.15, 0.2) is 48.5 Å². The molecule has 0 fully saturated rings. The van der Waals surface area contributed by atoms with Crippen molar-refractivity contribution < 1.29 is 17.9 Å². The topological polar surface area (TPSA) is 75.7 Å². The van der Waals surface area contributed by atoms with Crippen molar-refractivity contribution in [3.8, 4) is 5.75 Å². The molecular formula is C22H28N2O4S. The molecule has 1 aliphatic rings. The van der Waals surface area contributed by atoms with Crippen molar-refractivity contribution in [3.05, 3.63) is 65.2 Å². The zero-order valence-electron chi connectivity index (χ0n) is 17.1. The highest BCUT2D eigenvalue weighted by Gasteiger charge is 2.37. The van der Waals surface area contributed by atoms with Crippen LogP contribution in [0.1, 0.15) is 37.5 Å². The number of hydrogen-bond donors (Lipinski definition) is 1. The minimum atomic E-state index is -3.50. The summed E-state index contributed by atoms with van der Waals surface area (Å²) in [6.07, 6.45) is 0.476. The first kappa shape index (κ1) is 21.3. The summed E-state index contributed by atoms with van der Waals surface area (Å²) in [5.74, 6) is 0.467. The molecule has 6 nitrogen and oxygen atoms in total. The predicted molar refractivity (Wildman–Crippen MR) is 113 cm³/mol. The largest absolute Gasteiger partial charge is 0.491 e. The molecule has 0 saturated heterocycles. The molecule has 0 bridgehead atoms. The summed E-state index contributed by atoms with van der Waals surface area (Å²) in [5.41, 5.74) is 2.90. The Morgan fingerprint density at radius 1 is 1.14 bits per heavy atom. The normalized spacial score (nSPS) is 17.0. The molecule has 0 aromatic heterocycles. The Hall–Kier alpha value is -2.38. The summed E-state index contributed by atoms with van der Waals surface area (Å²) in [5, 5.41) is 2.90. The van der Waals surface area contributed by atoms with Crippen molar-refractivity contribution in [1.82, 2.24) is 9.62 Å². The van der Waals surface area contributed by atoms with Gasteiger partial charge in [0.1, 0.15) is 11.8 Å². The van der Waals surface area contributed by atoms with E-state index in [0.29, 0.717) is 13.0 Å². The molecule has 29 heavy (non-hydrogen) atoms. The smallest absolute Gasteiger partial charge is 0.239 e. The molecule has 1 unspecified atom stereocenters. The Labute approximate surface area is 172 Å². The molecule has 1 atom stereocenters. The second-order valence-electron chi connectivity index (χ2n) is 7.46. The molecule has 0 radical (unpaired) electrons. The maximum atomic E-state index is 12.9. The summed E-state index contributed by atoms with van der Waals surface area (Å²) in [6.45, 7) is 6.09. The quantitative estimate of drug-likeness (QED) is 0.753. The highest BCUT2D eigenvalue weighted by Crippen LogP contribution is 2.26. The number of rotatable bonds is 7. The van der Waals surface area contributed by atoms with Crippen molar-refractivity contribution >= 4 is 15.9 Å². The molecule has 0 saturated carbocycles. The number of sulfonamides is 1. The van der Waals surface area contributed by atoms with Crippen LogP contribution in [0.3, 0.4) is 0 Å². The first-order valence-corrected chi connectivity index (χ1v) is 11.5. The van der Waals surface area contributed by atoms with Gasteiger partial charge in [-0.2, -0.15) is 4.31 Å². The third-order valence-electron chi connectivity index (χ3n) is 4.99. The molecular weight excluding hydrogens is 388 g/mol. The average Bonchev–Trinajstić information content (AvgIpc) is 2.71. The van der Waals surface area contributed by atoms with Gasteiger partial charge in [-0.1, -0.05) is 36.4 Å². The highest BCUT2D eigenvalue weighted by atomic mass is 32.2. The fraction of sp³-hybridized carbons (Fsp3) is 0.409. The van der Waals surface area contributed by atoms with E-state index in [1.807, 2.05) is 62.4 Å². The first-order valence-electron chi connectivity index (χ1n) is 9.89. The Morgan fingerprint density at radius 3 is 2.41 bits per heavy atom. The van der Waals surface area contributed by atoms with Crippen LogP contribution >= 0.6 is 0 Å². The third-order valence-corrected chi connectivity index (χ3v) is 6.82. The standard InChI is InChI=1S/C22H28N2O4S/c1-4-29(26,27)24-15-19-8-6-5-7-18(19)13-21(24)22(25)23-14-17-9-11-20(12-10-17)28-16(2)3/h5-12,16,21H,4,13-15H2,1-3H3,(H,23,25). The van der Waals surface area contributed by atoms with E-state index in [4.69, 9.17) is 4.74 Å². The Bertz CT molecular complexity index is 955. The van der Waals surface area contributed by atoms with Crippen LogP contribution in [0.2, 0.25) is 0 Å². The lowest BCUT2D eigenvalue weighted by Gasteiger charge is -2.34. The summed E-state index contributed by atoms with van der Waals surface area (Å²) >= 11 is 0. The Morgan fingerprint density at radius 2 is 1.79 bits per heavy atom. The maximum Gasteiger partial charge on any atom is 0.239 e. The number of benzene rings is 2. The van der Waals surface area contributed by atoms with Gasteiger partial charge in [-0.15, -0.1) is 0 Å². The number of amides is 1. The van der Waals surface area contributed by atoms with E-state index < -0.39 is 16.1 Å². The summed E-state index contributed by atoms with van der Waals surface area (Å²) in [7, 11) is -3.50. The minimum absolute atomic E-state index is 0.0315. The molecule has 0 spiro atoms. The molecule has 2 aromatic carbocycles. The SMILES string of the molecule is CCS(=O)(=O)N1Cc2ccccc2CC1C(=O)NCc1ccc(OC(C)C)cc1. The number of ether oxygens (including phenoxy) is 1. The number of carbonyl (C=O) groups is 1. The van der Waals surface area contributed by atoms with Gasteiger partial charge in [-0.05, 0) is 56.0 Å². The third kappa shape index (κ3) is 5.16. The lowest BCUT2D eigenvalue weighted by Crippen LogP contribution is -2.52. The lowest BCUT2D eigenvalue weighted by atomic mass is 9.95. The summed E-state index contributed by atoms with van der Waals surface area (Å²) in [6, 6.07) is 14.5. The zero-order valence-corrected chi connectivity index (χ0v) is 17.9. The van der Waals surface area contributed by atoms with Crippen molar-refractivity contribution in [2.45, 2.75) is 52.4 Å². The number of fused-ring (bicyclic) bond motifs is 1. The zero-order chi connectivity index (χ0) is 21.0. The predicted octanol–water partition coefficient (Wildman–Crippen LogP) is 2.87. The monoisotopic (exact) mass is 416 g/mol. The van der Waals surface area contributed by atoms with Crippen molar-refractivity contribution in [3.63, 3.8) is 0 Å². The first-order chi connectivity index (χ1) is 13.8. The number of hydrogen-bond acceptors (Lipinski definition) is 4. The van der Waals surface area contributed by atoms with Gasteiger partial charge in [0.15, 0.2) is 0 Å². The molecule has 1 aliphatic heterocycles. The van der Waals surface area contributed by atoms with Gasteiger partial charge in [-0.25, -0.2) is 8.42 Å². The second-order valence-corrected chi connectivity index (χ2v) is 9.67. The Balaban J connectivity index is 1.72. The van der Waals surface area contributed by atoms with E-state index in [1.165, 1.54) is 4.31 Å². The van der Waals surface area contributed by atoms with Crippen LogP contribution in [0, 0.1) is 0 Å². The van der Waals surface area contributed by atoms with Crippen LogP contribution < -0.4 is 10.1 Å². The highest BCUT2D eigenvalue weighted by molar-refractivity contribution is 7.89. The van der Waals surface area contributed by atoms with Gasteiger partial charge in [-0.3, -0.25) is 4.79 Å². The lowest BCUT2D eigenvalue weighted by molar-refractivity contribution is -0.125. The van der Waals surface area contributed by atoms with Crippen LogP contribution in [-0.4, -0.2) is 36.5 Å². The van der Waals surface area contributed by atoms with Crippen LogP contribution in [-0.2, 0) is 34.3 Å². The summed E-state index contributed by atoms with van der Waals surface area (Å²) in [4.78, 5) is 12.9. The van der Waals surface area contributed by atoms with Crippen molar-refractivity contribution in [1.29, 1.82) is 0 Å². The van der Waals surface area contributed by atoms with Gasteiger partial charge in [0.2, 0.25) is 15.9 Å². The molecule has 2 aromatic rings.